The van der Waals surface area contributed by atoms with E-state index in [4.69, 9.17) is 16.2 Å². The number of hydrogen-bond acceptors (Lipinski definition) is 10. The van der Waals surface area contributed by atoms with Crippen molar-refractivity contribution < 1.29 is 24.4 Å². The van der Waals surface area contributed by atoms with E-state index in [9.17, 15) is 14.7 Å². The molecule has 1 fully saturated rings. The van der Waals surface area contributed by atoms with E-state index in [1.54, 1.807) is 29.3 Å². The van der Waals surface area contributed by atoms with Gasteiger partial charge in [0, 0.05) is 31.0 Å². The minimum atomic E-state index is -1.19. The molecule has 5 heterocycles. The lowest BCUT2D eigenvalue weighted by Gasteiger charge is -2.43. The number of rotatable bonds is 5. The number of carbonyl (C=O) groups is 2. The van der Waals surface area contributed by atoms with Crippen LogP contribution < -0.4 is 37.1 Å². The summed E-state index contributed by atoms with van der Waals surface area (Å²) in [6, 6.07) is 7.07. The number of nitrogens with one attached hydrogen (secondary N) is 4. The van der Waals surface area contributed by atoms with Gasteiger partial charge in [0.15, 0.2) is 12.0 Å². The molecule has 0 aliphatic carbocycles. The summed E-state index contributed by atoms with van der Waals surface area (Å²) in [6.07, 6.45) is 2.79. The highest BCUT2D eigenvalue weighted by Crippen LogP contribution is 2.41. The number of benzene rings is 1. The number of carbonyl (C=O) groups excluding carboxylic acids is 2. The van der Waals surface area contributed by atoms with Gasteiger partial charge in [0.05, 0.1) is 23.8 Å². The molecular weight excluding hydrogens is 514 g/mol. The van der Waals surface area contributed by atoms with Gasteiger partial charge in [-0.2, -0.15) is 0 Å². The molecule has 13 nitrogen and oxygen atoms in total. The number of fused-ring (bicyclic) bond motifs is 1. The number of pyridine rings is 1. The zero-order valence-corrected chi connectivity index (χ0v) is 22.3. The van der Waals surface area contributed by atoms with E-state index >= 15 is 0 Å². The van der Waals surface area contributed by atoms with Crippen molar-refractivity contribution in [1.82, 2.24) is 25.8 Å². The molecule has 1 unspecified atom stereocenters. The number of aliphatic hydroxyl groups is 1. The van der Waals surface area contributed by atoms with Crippen LogP contribution in [-0.4, -0.2) is 88.3 Å². The van der Waals surface area contributed by atoms with Crippen LogP contribution in [0, 0.1) is 0 Å². The van der Waals surface area contributed by atoms with Crippen LogP contribution >= 0.6 is 0 Å². The highest BCUT2D eigenvalue weighted by Gasteiger charge is 2.68. The maximum atomic E-state index is 13.5. The molecule has 4 aliphatic rings. The first-order valence-electron chi connectivity index (χ1n) is 13.3. The SMILES string of the molecule is CC1(C)CCOc2c(C(=O)NC3CN4C(N)=N[C@@H](CNC(=O)c5cccnc5)[C@@H]5[NH+]=C(N)N[C@@]54[C@@H]3O)cccc21. The number of amides is 2. The van der Waals surface area contributed by atoms with Crippen molar-refractivity contribution in [3.63, 3.8) is 0 Å². The molecule has 1 spiro atoms. The Bertz CT molecular complexity index is 1410. The fraction of sp³-hybridized carbons (Fsp3) is 0.444. The third-order valence-electron chi connectivity index (χ3n) is 8.41. The molecule has 1 aromatic heterocycles. The fourth-order valence-corrected chi connectivity index (χ4v) is 6.28. The summed E-state index contributed by atoms with van der Waals surface area (Å²) in [4.78, 5) is 39.7. The molecular formula is C27H34N9O4+. The first-order chi connectivity index (χ1) is 19.1. The predicted molar refractivity (Wildman–Crippen MR) is 145 cm³/mol. The van der Waals surface area contributed by atoms with Gasteiger partial charge in [-0.3, -0.25) is 25.3 Å². The van der Waals surface area contributed by atoms with Gasteiger partial charge >= 0.3 is 5.96 Å². The third-order valence-corrected chi connectivity index (χ3v) is 8.41. The van der Waals surface area contributed by atoms with E-state index in [-0.39, 0.29) is 42.2 Å². The molecule has 4 aliphatic heterocycles. The summed E-state index contributed by atoms with van der Waals surface area (Å²) in [5, 5.41) is 20.7. The van der Waals surface area contributed by atoms with Crippen LogP contribution in [0.25, 0.3) is 0 Å². The molecule has 5 atom stereocenters. The van der Waals surface area contributed by atoms with Crippen LogP contribution in [0.3, 0.4) is 0 Å². The second kappa shape index (κ2) is 9.37. The van der Waals surface area contributed by atoms with Crippen LogP contribution in [0.5, 0.6) is 5.75 Å². The van der Waals surface area contributed by atoms with Gasteiger partial charge in [-0.05, 0) is 30.0 Å². The first kappa shape index (κ1) is 25.9. The molecule has 6 rings (SSSR count). The molecule has 1 aromatic carbocycles. The minimum Gasteiger partial charge on any atom is -0.492 e. The largest absolute Gasteiger partial charge is 0.492 e. The standard InChI is InChI=1S/C27H33N9O4/c1-26(2)8-10-40-19-15(6-3-7-16(19)26)23(39)32-18-13-36-25(29)33-17(12-31-22(38)14-5-4-9-30-11-14)20-27(36,21(18)37)35-24(28)34-20/h3-7,9,11,17-18,20-21,37H,8,10,12-13H2,1-2H3,(H2,29,33)(H,31,38)(H,32,39)(H3,28,34,35)/p+1/t17-,18?,20-,21+,27-/m0/s1. The van der Waals surface area contributed by atoms with Crippen LogP contribution in [-0.2, 0) is 5.41 Å². The molecule has 0 saturated carbocycles. The number of aromatic nitrogens is 1. The number of aliphatic imine (C=N–C) groups is 1. The lowest BCUT2D eigenvalue weighted by atomic mass is 9.79. The molecule has 40 heavy (non-hydrogen) atoms. The molecule has 0 bridgehead atoms. The van der Waals surface area contributed by atoms with Crippen LogP contribution in [0.2, 0.25) is 0 Å². The number of para-hydroxylation sites is 1. The number of nitrogens with zero attached hydrogens (tertiary/aromatic N) is 3. The van der Waals surface area contributed by atoms with Gasteiger partial charge in [-0.25, -0.2) is 10.3 Å². The van der Waals surface area contributed by atoms with Crippen LogP contribution in [0.1, 0.15) is 46.5 Å². The van der Waals surface area contributed by atoms with E-state index in [1.807, 2.05) is 12.1 Å². The average molecular weight is 549 g/mol. The van der Waals surface area contributed by atoms with Gasteiger partial charge in [0.1, 0.15) is 17.9 Å². The maximum absolute atomic E-state index is 13.5. The summed E-state index contributed by atoms with van der Waals surface area (Å²) in [5.41, 5.74) is 13.1. The Morgan fingerprint density at radius 3 is 2.85 bits per heavy atom. The molecule has 1 saturated heterocycles. The van der Waals surface area contributed by atoms with Crippen molar-refractivity contribution in [3.8, 4) is 5.75 Å². The highest BCUT2D eigenvalue weighted by molar-refractivity contribution is 5.98. The number of guanidine groups is 2. The topological polar surface area (TPSA) is 194 Å². The molecule has 9 N–H and O–H groups in total. The molecule has 210 valence electrons. The Morgan fingerprint density at radius 2 is 2.08 bits per heavy atom. The van der Waals surface area contributed by atoms with E-state index in [2.05, 4.69) is 44.8 Å². The zero-order valence-electron chi connectivity index (χ0n) is 22.3. The van der Waals surface area contributed by atoms with E-state index < -0.39 is 29.9 Å². The van der Waals surface area contributed by atoms with E-state index in [0.717, 1.165) is 12.0 Å². The lowest BCUT2D eigenvalue weighted by Crippen LogP contribution is -2.88. The van der Waals surface area contributed by atoms with Gasteiger partial charge in [-0.15, -0.1) is 0 Å². The van der Waals surface area contributed by atoms with Crippen molar-refractivity contribution in [2.75, 3.05) is 19.7 Å². The maximum Gasteiger partial charge on any atom is 0.343 e. The summed E-state index contributed by atoms with van der Waals surface area (Å²) in [5.74, 6) is 0.308. The summed E-state index contributed by atoms with van der Waals surface area (Å²) in [6.45, 7) is 5.10. The average Bonchev–Trinajstić information content (AvgIpc) is 3.43. The minimum absolute atomic E-state index is 0.122. The molecule has 2 amide bonds. The Kier molecular flexibility index (Phi) is 6.06. The quantitative estimate of drug-likeness (QED) is 0.205. The fourth-order valence-electron chi connectivity index (χ4n) is 6.28. The van der Waals surface area contributed by atoms with Gasteiger partial charge in [-0.1, -0.05) is 26.0 Å². The monoisotopic (exact) mass is 548 g/mol. The van der Waals surface area contributed by atoms with Gasteiger partial charge in [0.25, 0.3) is 11.8 Å². The van der Waals surface area contributed by atoms with Crippen LogP contribution in [0.4, 0.5) is 0 Å². The van der Waals surface area contributed by atoms with E-state index in [1.165, 1.54) is 6.20 Å². The number of aliphatic hydroxyl groups excluding tert-OH is 1. The lowest BCUT2D eigenvalue weighted by molar-refractivity contribution is -0.513. The van der Waals surface area contributed by atoms with Crippen molar-refractivity contribution in [2.24, 2.45) is 16.5 Å². The smallest absolute Gasteiger partial charge is 0.343 e. The van der Waals surface area contributed by atoms with Gasteiger partial charge in [0.2, 0.25) is 5.66 Å². The predicted octanol–water partition coefficient (Wildman–Crippen LogP) is -2.89. The molecule has 13 heteroatoms. The Hall–Kier alpha value is -4.39. The summed E-state index contributed by atoms with van der Waals surface area (Å²) >= 11 is 0. The van der Waals surface area contributed by atoms with Crippen molar-refractivity contribution in [3.05, 3.63) is 59.4 Å². The Morgan fingerprint density at radius 1 is 1.25 bits per heavy atom. The number of nitrogens with two attached hydrogens (primary N) is 2. The second-order valence-corrected chi connectivity index (χ2v) is 11.3. The van der Waals surface area contributed by atoms with Crippen molar-refractivity contribution >= 4 is 23.7 Å². The molecule has 0 radical (unpaired) electrons. The summed E-state index contributed by atoms with van der Waals surface area (Å²) in [7, 11) is 0. The Balaban J connectivity index is 1.23. The van der Waals surface area contributed by atoms with Crippen molar-refractivity contribution in [2.45, 2.75) is 55.6 Å². The van der Waals surface area contributed by atoms with Crippen LogP contribution in [0.15, 0.2) is 47.7 Å². The molecule has 2 aromatic rings. The Labute approximate surface area is 231 Å². The van der Waals surface area contributed by atoms with Crippen molar-refractivity contribution in [1.29, 1.82) is 0 Å². The first-order valence-corrected chi connectivity index (χ1v) is 13.3. The number of ether oxygens (including phenoxy) is 1. The highest BCUT2D eigenvalue weighted by atomic mass is 16.5. The van der Waals surface area contributed by atoms with E-state index in [0.29, 0.717) is 23.5 Å². The van der Waals surface area contributed by atoms with Gasteiger partial charge < -0.3 is 31.1 Å². The zero-order chi connectivity index (χ0) is 28.2. The summed E-state index contributed by atoms with van der Waals surface area (Å²) < 4.78 is 5.94. The third kappa shape index (κ3) is 3.99. The second-order valence-electron chi connectivity index (χ2n) is 11.3. The number of hydrogen-bond donors (Lipinski definition) is 7. The normalized spacial score (nSPS) is 29.5.